The van der Waals surface area contributed by atoms with Crippen LogP contribution in [0.15, 0.2) is 0 Å². The maximum atomic E-state index is 12.5. The van der Waals surface area contributed by atoms with Crippen LogP contribution in [-0.4, -0.2) is 37.0 Å². The van der Waals surface area contributed by atoms with Gasteiger partial charge in [0, 0.05) is 25.0 Å². The maximum Gasteiger partial charge on any atom is 0.228 e. The van der Waals surface area contributed by atoms with Crippen molar-refractivity contribution in [2.45, 2.75) is 45.4 Å². The van der Waals surface area contributed by atoms with Gasteiger partial charge in [-0.25, -0.2) is 0 Å². The van der Waals surface area contributed by atoms with Crippen LogP contribution in [0.5, 0.6) is 0 Å². The van der Waals surface area contributed by atoms with Crippen LogP contribution < -0.4 is 5.32 Å². The highest BCUT2D eigenvalue weighted by Gasteiger charge is 2.37. The number of nitrogens with one attached hydrogen (secondary N) is 1. The molecule has 1 amide bonds. The molecule has 1 aliphatic carbocycles. The number of amides is 1. The van der Waals surface area contributed by atoms with Gasteiger partial charge in [-0.3, -0.25) is 4.79 Å². The van der Waals surface area contributed by atoms with E-state index in [1.165, 1.54) is 19.3 Å². The van der Waals surface area contributed by atoms with E-state index in [0.29, 0.717) is 5.91 Å². The summed E-state index contributed by atoms with van der Waals surface area (Å²) in [4.78, 5) is 14.6. The molecule has 0 radical (unpaired) electrons. The van der Waals surface area contributed by atoms with Crippen LogP contribution in [-0.2, 0) is 4.79 Å². The van der Waals surface area contributed by atoms with Crippen molar-refractivity contribution in [1.29, 1.82) is 0 Å². The van der Waals surface area contributed by atoms with Crippen LogP contribution in [0.2, 0.25) is 0 Å². The van der Waals surface area contributed by atoms with Crippen molar-refractivity contribution in [1.82, 2.24) is 10.2 Å². The van der Waals surface area contributed by atoms with Crippen molar-refractivity contribution in [3.63, 3.8) is 0 Å². The average Bonchev–Trinajstić information content (AvgIpc) is 2.57. The second-order valence-electron chi connectivity index (χ2n) is 5.52. The Kier molecular flexibility index (Phi) is 3.85. The van der Waals surface area contributed by atoms with E-state index >= 15 is 0 Å². The fourth-order valence-electron chi connectivity index (χ4n) is 2.98. The minimum Gasteiger partial charge on any atom is -0.341 e. The standard InChI is InChI=1S/C13H24N2O/c1-13(6-3-2-4-7-13)12(16)15-10-5-8-14-9-11-15/h14H,2-11H2,1H3. The lowest BCUT2D eigenvalue weighted by atomic mass is 9.74. The topological polar surface area (TPSA) is 32.3 Å². The van der Waals surface area contributed by atoms with Crippen LogP contribution in [0.3, 0.4) is 0 Å². The second-order valence-corrected chi connectivity index (χ2v) is 5.52. The van der Waals surface area contributed by atoms with Crippen molar-refractivity contribution in [3.8, 4) is 0 Å². The molecule has 0 bridgehead atoms. The maximum absolute atomic E-state index is 12.5. The lowest BCUT2D eigenvalue weighted by Crippen LogP contribution is -2.44. The molecular formula is C13H24N2O. The van der Waals surface area contributed by atoms with Gasteiger partial charge in [-0.15, -0.1) is 0 Å². The zero-order valence-electron chi connectivity index (χ0n) is 10.4. The van der Waals surface area contributed by atoms with E-state index in [-0.39, 0.29) is 5.41 Å². The highest BCUT2D eigenvalue weighted by Crippen LogP contribution is 2.37. The Labute approximate surface area is 98.6 Å². The molecule has 1 saturated heterocycles. The second kappa shape index (κ2) is 5.17. The molecule has 1 aliphatic heterocycles. The highest BCUT2D eigenvalue weighted by atomic mass is 16.2. The minimum absolute atomic E-state index is 0.0530. The van der Waals surface area contributed by atoms with Crippen molar-refractivity contribution >= 4 is 5.91 Å². The third kappa shape index (κ3) is 2.57. The van der Waals surface area contributed by atoms with Gasteiger partial charge in [-0.2, -0.15) is 0 Å². The lowest BCUT2D eigenvalue weighted by molar-refractivity contribution is -0.142. The Morgan fingerprint density at radius 3 is 2.56 bits per heavy atom. The Morgan fingerprint density at radius 2 is 1.81 bits per heavy atom. The van der Waals surface area contributed by atoms with E-state index < -0.39 is 0 Å². The SMILES string of the molecule is CC1(C(=O)N2CCCNCC2)CCCCC1. The first-order valence-electron chi connectivity index (χ1n) is 6.72. The van der Waals surface area contributed by atoms with Crippen LogP contribution in [0.1, 0.15) is 45.4 Å². The first-order chi connectivity index (χ1) is 7.72. The number of hydrogen-bond donors (Lipinski definition) is 1. The Balaban J connectivity index is 1.98. The summed E-state index contributed by atoms with van der Waals surface area (Å²) in [7, 11) is 0. The lowest BCUT2D eigenvalue weighted by Gasteiger charge is -2.36. The van der Waals surface area contributed by atoms with E-state index in [2.05, 4.69) is 17.1 Å². The third-order valence-corrected chi connectivity index (χ3v) is 4.10. The van der Waals surface area contributed by atoms with Gasteiger partial charge in [0.25, 0.3) is 0 Å². The van der Waals surface area contributed by atoms with E-state index in [1.807, 2.05) is 0 Å². The van der Waals surface area contributed by atoms with Crippen molar-refractivity contribution in [3.05, 3.63) is 0 Å². The summed E-state index contributed by atoms with van der Waals surface area (Å²) < 4.78 is 0. The number of rotatable bonds is 1. The molecule has 1 saturated carbocycles. The molecule has 0 aromatic heterocycles. The summed E-state index contributed by atoms with van der Waals surface area (Å²) in [6.07, 6.45) is 7.06. The van der Waals surface area contributed by atoms with Gasteiger partial charge in [0.2, 0.25) is 5.91 Å². The van der Waals surface area contributed by atoms with Crippen LogP contribution in [0, 0.1) is 5.41 Å². The van der Waals surface area contributed by atoms with Crippen molar-refractivity contribution < 1.29 is 4.79 Å². The summed E-state index contributed by atoms with van der Waals surface area (Å²) in [6, 6.07) is 0. The monoisotopic (exact) mass is 224 g/mol. The molecule has 0 aromatic carbocycles. The summed E-state index contributed by atoms with van der Waals surface area (Å²) in [6.45, 7) is 6.03. The number of hydrogen-bond acceptors (Lipinski definition) is 2. The van der Waals surface area contributed by atoms with Gasteiger partial charge in [0.05, 0.1) is 0 Å². The smallest absolute Gasteiger partial charge is 0.228 e. The minimum atomic E-state index is -0.0530. The van der Waals surface area contributed by atoms with Gasteiger partial charge >= 0.3 is 0 Å². The zero-order valence-corrected chi connectivity index (χ0v) is 10.4. The number of nitrogens with zero attached hydrogens (tertiary/aromatic N) is 1. The molecule has 2 fully saturated rings. The predicted molar refractivity (Wildman–Crippen MR) is 65.3 cm³/mol. The van der Waals surface area contributed by atoms with Crippen LogP contribution in [0.4, 0.5) is 0 Å². The first-order valence-corrected chi connectivity index (χ1v) is 6.72. The Bertz CT molecular complexity index is 238. The van der Waals surface area contributed by atoms with Crippen LogP contribution >= 0.6 is 0 Å². The molecule has 92 valence electrons. The first kappa shape index (κ1) is 11.9. The van der Waals surface area contributed by atoms with Crippen molar-refractivity contribution in [2.75, 3.05) is 26.2 Å². The molecule has 1 heterocycles. The number of carbonyl (C=O) groups excluding carboxylic acids is 1. The Hall–Kier alpha value is -0.570. The highest BCUT2D eigenvalue weighted by molar-refractivity contribution is 5.82. The summed E-state index contributed by atoms with van der Waals surface area (Å²) in [5.41, 5.74) is -0.0530. The summed E-state index contributed by atoms with van der Waals surface area (Å²) in [5, 5.41) is 3.35. The van der Waals surface area contributed by atoms with Gasteiger partial charge < -0.3 is 10.2 Å². The molecule has 0 aromatic rings. The molecule has 0 spiro atoms. The summed E-state index contributed by atoms with van der Waals surface area (Å²) >= 11 is 0. The average molecular weight is 224 g/mol. The zero-order chi connectivity index (χ0) is 11.4. The molecule has 16 heavy (non-hydrogen) atoms. The third-order valence-electron chi connectivity index (χ3n) is 4.10. The van der Waals surface area contributed by atoms with E-state index in [0.717, 1.165) is 45.4 Å². The molecule has 0 atom stereocenters. The molecular weight excluding hydrogens is 200 g/mol. The van der Waals surface area contributed by atoms with Gasteiger partial charge in [-0.05, 0) is 25.8 Å². The molecule has 2 rings (SSSR count). The van der Waals surface area contributed by atoms with Crippen molar-refractivity contribution in [2.24, 2.45) is 5.41 Å². The van der Waals surface area contributed by atoms with Gasteiger partial charge in [0.1, 0.15) is 0 Å². The van der Waals surface area contributed by atoms with Gasteiger partial charge in [0.15, 0.2) is 0 Å². The fourth-order valence-corrected chi connectivity index (χ4v) is 2.98. The molecule has 2 aliphatic rings. The normalized spacial score (nSPS) is 26.2. The predicted octanol–water partition coefficient (Wildman–Crippen LogP) is 1.78. The summed E-state index contributed by atoms with van der Waals surface area (Å²) in [5.74, 6) is 0.413. The molecule has 3 nitrogen and oxygen atoms in total. The molecule has 1 N–H and O–H groups in total. The fraction of sp³-hybridized carbons (Fsp3) is 0.923. The largest absolute Gasteiger partial charge is 0.341 e. The van der Waals surface area contributed by atoms with Gasteiger partial charge in [-0.1, -0.05) is 26.2 Å². The molecule has 0 unspecified atom stereocenters. The van der Waals surface area contributed by atoms with E-state index in [9.17, 15) is 4.79 Å². The quantitative estimate of drug-likeness (QED) is 0.736. The number of carbonyl (C=O) groups is 1. The van der Waals surface area contributed by atoms with E-state index in [1.54, 1.807) is 0 Å². The molecule has 3 heteroatoms. The van der Waals surface area contributed by atoms with Crippen LogP contribution in [0.25, 0.3) is 0 Å². The Morgan fingerprint density at radius 1 is 1.06 bits per heavy atom. The van der Waals surface area contributed by atoms with E-state index in [4.69, 9.17) is 0 Å².